The lowest BCUT2D eigenvalue weighted by molar-refractivity contribution is -0.141. The average molecular weight is 274 g/mol. The smallest absolute Gasteiger partial charge is 0.317 e. The van der Waals surface area contributed by atoms with Crippen molar-refractivity contribution in [3.8, 4) is 0 Å². The second-order valence-electron chi connectivity index (χ2n) is 4.60. The summed E-state index contributed by atoms with van der Waals surface area (Å²) in [6.45, 7) is 6.88. The van der Waals surface area contributed by atoms with E-state index in [1.165, 1.54) is 0 Å². The van der Waals surface area contributed by atoms with E-state index in [-0.39, 0.29) is 18.6 Å². The van der Waals surface area contributed by atoms with Crippen molar-refractivity contribution in [2.75, 3.05) is 26.8 Å². The molecule has 0 aliphatic rings. The number of hydrogen-bond acceptors (Lipinski definition) is 3. The lowest BCUT2D eigenvalue weighted by Gasteiger charge is -2.28. The van der Waals surface area contributed by atoms with E-state index in [0.29, 0.717) is 19.6 Å². The molecule has 0 saturated heterocycles. The number of rotatable bonds is 9. The maximum Gasteiger partial charge on any atom is 0.317 e. The zero-order chi connectivity index (χ0) is 14.8. The molecule has 0 aliphatic carbocycles. The summed E-state index contributed by atoms with van der Waals surface area (Å²) in [5.41, 5.74) is 0. The van der Waals surface area contributed by atoms with Crippen molar-refractivity contribution in [2.24, 2.45) is 5.92 Å². The zero-order valence-corrected chi connectivity index (χ0v) is 12.3. The largest absolute Gasteiger partial charge is 0.481 e. The fraction of sp³-hybridized carbons (Fsp3) is 0.846. The van der Waals surface area contributed by atoms with Gasteiger partial charge in [-0.1, -0.05) is 13.3 Å². The van der Waals surface area contributed by atoms with Crippen molar-refractivity contribution in [3.05, 3.63) is 0 Å². The molecule has 0 fully saturated rings. The van der Waals surface area contributed by atoms with E-state index >= 15 is 0 Å². The highest BCUT2D eigenvalue weighted by Gasteiger charge is 2.21. The summed E-state index contributed by atoms with van der Waals surface area (Å²) < 4.78 is 5.02. The van der Waals surface area contributed by atoms with Crippen LogP contribution in [0, 0.1) is 5.92 Å². The number of ether oxygens (including phenoxy) is 1. The molecule has 0 rings (SSSR count). The summed E-state index contributed by atoms with van der Waals surface area (Å²) in [6, 6.07) is -0.279. The summed E-state index contributed by atoms with van der Waals surface area (Å²) in [7, 11) is 1.59. The van der Waals surface area contributed by atoms with Gasteiger partial charge >= 0.3 is 12.0 Å². The van der Waals surface area contributed by atoms with Gasteiger partial charge in [-0.2, -0.15) is 0 Å². The first-order valence-electron chi connectivity index (χ1n) is 6.74. The summed E-state index contributed by atoms with van der Waals surface area (Å²) in [6.07, 6.45) is 1.35. The number of carbonyl (C=O) groups excluding carboxylic acids is 1. The first-order valence-corrected chi connectivity index (χ1v) is 6.74. The van der Waals surface area contributed by atoms with Crippen LogP contribution in [0.3, 0.4) is 0 Å². The van der Waals surface area contributed by atoms with Crippen LogP contribution in [-0.4, -0.2) is 54.9 Å². The molecule has 6 heteroatoms. The number of carboxylic acids is 1. The predicted molar refractivity (Wildman–Crippen MR) is 73.2 cm³/mol. The Morgan fingerprint density at radius 3 is 2.42 bits per heavy atom. The van der Waals surface area contributed by atoms with Crippen molar-refractivity contribution in [1.29, 1.82) is 0 Å². The molecule has 6 nitrogen and oxygen atoms in total. The Bertz CT molecular complexity index is 284. The Morgan fingerprint density at radius 1 is 1.37 bits per heavy atom. The molecule has 19 heavy (non-hydrogen) atoms. The Balaban J connectivity index is 4.36. The van der Waals surface area contributed by atoms with Crippen LogP contribution in [0.1, 0.15) is 33.6 Å². The fourth-order valence-electron chi connectivity index (χ4n) is 1.96. The van der Waals surface area contributed by atoms with Gasteiger partial charge in [0.15, 0.2) is 0 Å². The summed E-state index contributed by atoms with van der Waals surface area (Å²) in [5.74, 6) is -1.39. The van der Waals surface area contributed by atoms with Gasteiger partial charge < -0.3 is 20.1 Å². The predicted octanol–water partition coefficient (Wildman–Crippen LogP) is 1.55. The van der Waals surface area contributed by atoms with Crippen LogP contribution in [0.15, 0.2) is 0 Å². The molecule has 0 radical (unpaired) electrons. The van der Waals surface area contributed by atoms with Crippen LogP contribution >= 0.6 is 0 Å². The normalized spacial score (nSPS) is 13.7. The van der Waals surface area contributed by atoms with Gasteiger partial charge in [0.1, 0.15) is 0 Å². The molecule has 0 saturated carbocycles. The van der Waals surface area contributed by atoms with Gasteiger partial charge in [0.25, 0.3) is 0 Å². The van der Waals surface area contributed by atoms with Gasteiger partial charge in [-0.25, -0.2) is 4.79 Å². The van der Waals surface area contributed by atoms with Crippen molar-refractivity contribution >= 4 is 12.0 Å². The summed E-state index contributed by atoms with van der Waals surface area (Å²) in [5, 5.41) is 11.7. The Morgan fingerprint density at radius 2 is 2.00 bits per heavy atom. The van der Waals surface area contributed by atoms with Crippen LogP contribution in [-0.2, 0) is 9.53 Å². The molecule has 0 aromatic rings. The SMILES string of the molecule is CCCC(CNC(=O)N(CC)C(C)COC)C(=O)O. The minimum absolute atomic E-state index is 0.0375. The lowest BCUT2D eigenvalue weighted by Crippen LogP contribution is -2.48. The lowest BCUT2D eigenvalue weighted by atomic mass is 10.0. The number of aliphatic carboxylic acids is 1. The highest BCUT2D eigenvalue weighted by Crippen LogP contribution is 2.06. The third-order valence-electron chi connectivity index (χ3n) is 3.03. The monoisotopic (exact) mass is 274 g/mol. The molecule has 2 unspecified atom stereocenters. The molecule has 0 spiro atoms. The first kappa shape index (κ1) is 17.7. The number of carboxylic acid groups (broad SMARTS) is 1. The highest BCUT2D eigenvalue weighted by atomic mass is 16.5. The van der Waals surface area contributed by atoms with E-state index in [1.54, 1.807) is 12.0 Å². The molecule has 2 amide bonds. The van der Waals surface area contributed by atoms with Gasteiger partial charge in [-0.15, -0.1) is 0 Å². The van der Waals surface area contributed by atoms with E-state index in [1.807, 2.05) is 20.8 Å². The van der Waals surface area contributed by atoms with Gasteiger partial charge in [0.05, 0.1) is 18.6 Å². The van der Waals surface area contributed by atoms with E-state index < -0.39 is 11.9 Å². The molecule has 2 atom stereocenters. The van der Waals surface area contributed by atoms with Crippen LogP contribution in [0.25, 0.3) is 0 Å². The van der Waals surface area contributed by atoms with Crippen molar-refractivity contribution in [2.45, 2.75) is 39.7 Å². The number of hydrogen-bond donors (Lipinski definition) is 2. The second kappa shape index (κ2) is 9.61. The first-order chi connectivity index (χ1) is 8.97. The number of carbonyl (C=O) groups is 2. The van der Waals surface area contributed by atoms with Crippen LogP contribution in [0.4, 0.5) is 4.79 Å². The molecule has 112 valence electrons. The molecule has 0 bridgehead atoms. The third kappa shape index (κ3) is 6.42. The Labute approximate surface area is 115 Å². The maximum absolute atomic E-state index is 12.0. The molecule has 0 heterocycles. The van der Waals surface area contributed by atoms with Gasteiger partial charge in [-0.05, 0) is 20.3 Å². The van der Waals surface area contributed by atoms with Gasteiger partial charge in [0, 0.05) is 20.2 Å². The topological polar surface area (TPSA) is 78.9 Å². The van der Waals surface area contributed by atoms with Crippen LogP contribution in [0.5, 0.6) is 0 Å². The minimum atomic E-state index is -0.866. The van der Waals surface area contributed by atoms with Crippen molar-refractivity contribution in [1.82, 2.24) is 10.2 Å². The second-order valence-corrected chi connectivity index (χ2v) is 4.60. The number of amides is 2. The molecular formula is C13H26N2O4. The molecule has 0 aromatic carbocycles. The van der Waals surface area contributed by atoms with Crippen LogP contribution < -0.4 is 5.32 Å². The number of urea groups is 1. The fourth-order valence-corrected chi connectivity index (χ4v) is 1.96. The molecule has 0 aromatic heterocycles. The van der Waals surface area contributed by atoms with Gasteiger partial charge in [0.2, 0.25) is 0 Å². The zero-order valence-electron chi connectivity index (χ0n) is 12.3. The Hall–Kier alpha value is -1.30. The number of nitrogens with one attached hydrogen (secondary N) is 1. The molecular weight excluding hydrogens is 248 g/mol. The Kier molecular flexibility index (Phi) is 8.95. The third-order valence-corrected chi connectivity index (χ3v) is 3.03. The van der Waals surface area contributed by atoms with Crippen LogP contribution in [0.2, 0.25) is 0 Å². The van der Waals surface area contributed by atoms with E-state index in [0.717, 1.165) is 6.42 Å². The van der Waals surface area contributed by atoms with Crippen molar-refractivity contribution < 1.29 is 19.4 Å². The summed E-state index contributed by atoms with van der Waals surface area (Å²) in [4.78, 5) is 24.6. The number of methoxy groups -OCH3 is 1. The van der Waals surface area contributed by atoms with E-state index in [4.69, 9.17) is 9.84 Å². The number of nitrogens with zero attached hydrogens (tertiary/aromatic N) is 1. The standard InChI is InChI=1S/C13H26N2O4/c1-5-7-11(12(16)17)8-14-13(18)15(6-2)10(3)9-19-4/h10-11H,5-9H2,1-4H3,(H,14,18)(H,16,17). The molecule has 0 aliphatic heterocycles. The maximum atomic E-state index is 12.0. The quantitative estimate of drug-likeness (QED) is 0.668. The highest BCUT2D eigenvalue weighted by molar-refractivity contribution is 5.76. The number of likely N-dealkylation sites (N-methyl/N-ethyl adjacent to an activating group) is 1. The van der Waals surface area contributed by atoms with E-state index in [9.17, 15) is 9.59 Å². The van der Waals surface area contributed by atoms with Gasteiger partial charge in [-0.3, -0.25) is 4.79 Å². The average Bonchev–Trinajstić information content (AvgIpc) is 2.35. The van der Waals surface area contributed by atoms with E-state index in [2.05, 4.69) is 5.32 Å². The minimum Gasteiger partial charge on any atom is -0.481 e. The summed E-state index contributed by atoms with van der Waals surface area (Å²) >= 11 is 0. The van der Waals surface area contributed by atoms with Crippen molar-refractivity contribution in [3.63, 3.8) is 0 Å². The molecule has 2 N–H and O–H groups in total.